The van der Waals surface area contributed by atoms with E-state index in [0.717, 1.165) is 56.0 Å². The van der Waals surface area contributed by atoms with Crippen LogP contribution in [-0.2, 0) is 11.3 Å². The summed E-state index contributed by atoms with van der Waals surface area (Å²) in [6, 6.07) is 4.04. The molecule has 1 aromatic heterocycles. The van der Waals surface area contributed by atoms with E-state index in [1.807, 2.05) is 33.1 Å². The summed E-state index contributed by atoms with van der Waals surface area (Å²) < 4.78 is 18.1. The van der Waals surface area contributed by atoms with Crippen molar-refractivity contribution in [1.82, 2.24) is 15.6 Å². The third-order valence-corrected chi connectivity index (χ3v) is 9.17. The highest BCUT2D eigenvalue weighted by Crippen LogP contribution is 2.51. The predicted molar refractivity (Wildman–Crippen MR) is 149 cm³/mol. The highest BCUT2D eigenvalue weighted by molar-refractivity contribution is 7.98. The van der Waals surface area contributed by atoms with Gasteiger partial charge in [-0.25, -0.2) is 0 Å². The highest BCUT2D eigenvalue weighted by Gasteiger charge is 2.47. The molecular weight excluding hydrogens is 526 g/mol. The van der Waals surface area contributed by atoms with E-state index in [2.05, 4.69) is 15.6 Å². The van der Waals surface area contributed by atoms with Crippen molar-refractivity contribution in [2.24, 2.45) is 11.8 Å². The van der Waals surface area contributed by atoms with Gasteiger partial charge in [-0.3, -0.25) is 9.59 Å². The fraction of sp³-hybridized carbons (Fsp3) is 0.571. The lowest BCUT2D eigenvalue weighted by Crippen LogP contribution is -2.49. The Labute approximate surface area is 232 Å². The molecule has 3 aliphatic rings. The second-order valence-corrected chi connectivity index (χ2v) is 12.0. The smallest absolute Gasteiger partial charge is 0.254 e. The largest absolute Gasteiger partial charge is 0.448 e. The molecule has 3 N–H and O–H groups in total. The second-order valence-electron chi connectivity index (χ2n) is 10.8. The molecule has 0 radical (unpaired) electrons. The van der Waals surface area contributed by atoms with Crippen LogP contribution in [0.1, 0.15) is 59.8 Å². The van der Waals surface area contributed by atoms with Crippen LogP contribution in [0.25, 0.3) is 0 Å². The fourth-order valence-electron chi connectivity index (χ4n) is 5.63. The average molecular weight is 562 g/mol. The zero-order chi connectivity index (χ0) is 27.0. The molecule has 0 unspecified atom stereocenters. The van der Waals surface area contributed by atoms with Crippen molar-refractivity contribution >= 4 is 29.3 Å². The number of carbonyl (C=O) groups excluding carboxylic acids is 1. The van der Waals surface area contributed by atoms with Crippen LogP contribution in [0.3, 0.4) is 0 Å². The topological polar surface area (TPSA) is 102 Å². The van der Waals surface area contributed by atoms with E-state index < -0.39 is 5.79 Å². The summed E-state index contributed by atoms with van der Waals surface area (Å²) in [5.41, 5.74) is 2.19. The minimum Gasteiger partial charge on any atom is -0.448 e. The van der Waals surface area contributed by atoms with Crippen LogP contribution in [0, 0.1) is 25.7 Å². The first kappa shape index (κ1) is 27.4. The Kier molecular flexibility index (Phi) is 8.01. The minimum atomic E-state index is -0.825. The molecule has 0 bridgehead atoms. The Morgan fingerprint density at radius 3 is 2.53 bits per heavy atom. The third-order valence-electron chi connectivity index (χ3n) is 8.09. The number of H-pyrrole nitrogens is 1. The number of hydrogen-bond donors (Lipinski definition) is 3. The number of fused-ring (bicyclic) bond motifs is 1. The number of halogens is 1. The number of thioether (sulfide) groups is 1. The van der Waals surface area contributed by atoms with Gasteiger partial charge in [-0.1, -0.05) is 11.6 Å². The summed E-state index contributed by atoms with van der Waals surface area (Å²) in [5.74, 6) is 0.750. The second kappa shape index (κ2) is 11.1. The Hall–Kier alpha value is -2.20. The monoisotopic (exact) mass is 561 g/mol. The fourth-order valence-corrected chi connectivity index (χ4v) is 6.57. The first-order chi connectivity index (χ1) is 18.2. The molecule has 2 aromatic rings. The molecule has 1 saturated heterocycles. The normalized spacial score (nSPS) is 24.8. The molecule has 1 saturated carbocycles. The Morgan fingerprint density at radius 2 is 1.87 bits per heavy atom. The van der Waals surface area contributed by atoms with Crippen LogP contribution >= 0.6 is 23.4 Å². The number of amides is 1. The maximum absolute atomic E-state index is 13.2. The Balaban J connectivity index is 1.25. The maximum atomic E-state index is 13.2. The number of pyridine rings is 1. The van der Waals surface area contributed by atoms with Gasteiger partial charge in [-0.15, -0.1) is 11.8 Å². The molecular formula is C28H36ClN3O5S. The SMILES string of the molecule is CSc1cc(C)[nH]c(=O)c1CNC(=O)c1cc(Cl)c2c(c1C)O[C@@](C)(C1CCC(CNC3COC3)CC1)O2. The lowest BCUT2D eigenvalue weighted by Gasteiger charge is -2.38. The molecule has 206 valence electrons. The summed E-state index contributed by atoms with van der Waals surface area (Å²) in [7, 11) is 0. The van der Waals surface area contributed by atoms with E-state index in [1.54, 1.807) is 6.07 Å². The minimum absolute atomic E-state index is 0.111. The number of benzene rings is 1. The van der Waals surface area contributed by atoms with Gasteiger partial charge in [0.2, 0.25) is 0 Å². The maximum Gasteiger partial charge on any atom is 0.254 e. The number of carbonyl (C=O) groups is 1. The van der Waals surface area contributed by atoms with Crippen molar-refractivity contribution in [3.05, 3.63) is 49.9 Å². The number of aromatic nitrogens is 1. The number of aromatic amines is 1. The Bertz CT molecular complexity index is 1270. The van der Waals surface area contributed by atoms with Crippen LogP contribution in [0.2, 0.25) is 5.02 Å². The molecule has 0 spiro atoms. The molecule has 1 aliphatic carbocycles. The zero-order valence-corrected chi connectivity index (χ0v) is 23.9. The van der Waals surface area contributed by atoms with Crippen molar-refractivity contribution in [3.8, 4) is 11.5 Å². The molecule has 3 heterocycles. The van der Waals surface area contributed by atoms with Gasteiger partial charge < -0.3 is 29.8 Å². The van der Waals surface area contributed by atoms with Crippen molar-refractivity contribution in [1.29, 1.82) is 0 Å². The molecule has 2 aliphatic heterocycles. The van der Waals surface area contributed by atoms with Gasteiger partial charge in [-0.2, -0.15) is 0 Å². The number of ether oxygens (including phenoxy) is 3. The van der Waals surface area contributed by atoms with Crippen molar-refractivity contribution < 1.29 is 19.0 Å². The molecule has 1 atom stereocenters. The average Bonchev–Trinajstić information content (AvgIpc) is 3.24. The predicted octanol–water partition coefficient (Wildman–Crippen LogP) is 4.58. The first-order valence-electron chi connectivity index (χ1n) is 13.3. The van der Waals surface area contributed by atoms with E-state index in [1.165, 1.54) is 11.8 Å². The Morgan fingerprint density at radius 1 is 1.16 bits per heavy atom. The van der Waals surface area contributed by atoms with Gasteiger partial charge in [0.1, 0.15) is 0 Å². The van der Waals surface area contributed by atoms with Crippen LogP contribution in [0.4, 0.5) is 0 Å². The summed E-state index contributed by atoms with van der Waals surface area (Å²) in [6.45, 7) is 8.43. The number of hydrogen-bond acceptors (Lipinski definition) is 7. The van der Waals surface area contributed by atoms with Gasteiger partial charge in [-0.05, 0) is 70.4 Å². The van der Waals surface area contributed by atoms with Crippen LogP contribution in [-0.4, -0.2) is 48.7 Å². The van der Waals surface area contributed by atoms with Crippen molar-refractivity contribution in [2.75, 3.05) is 26.0 Å². The lowest BCUT2D eigenvalue weighted by atomic mass is 9.78. The van der Waals surface area contributed by atoms with E-state index in [0.29, 0.717) is 45.2 Å². The lowest BCUT2D eigenvalue weighted by molar-refractivity contribution is -0.123. The molecule has 2 fully saturated rings. The number of nitrogens with one attached hydrogen (secondary N) is 3. The summed E-state index contributed by atoms with van der Waals surface area (Å²) >= 11 is 8.09. The molecule has 10 heteroatoms. The quantitative estimate of drug-likeness (QED) is 0.405. The molecule has 1 amide bonds. The third kappa shape index (κ3) is 5.43. The van der Waals surface area contributed by atoms with E-state index >= 15 is 0 Å². The van der Waals surface area contributed by atoms with Gasteiger partial charge >= 0.3 is 0 Å². The molecule has 8 nitrogen and oxygen atoms in total. The van der Waals surface area contributed by atoms with Crippen LogP contribution in [0.15, 0.2) is 21.8 Å². The van der Waals surface area contributed by atoms with Crippen molar-refractivity contribution in [2.45, 2.75) is 69.7 Å². The van der Waals surface area contributed by atoms with E-state index in [4.69, 9.17) is 25.8 Å². The molecule has 38 heavy (non-hydrogen) atoms. The van der Waals surface area contributed by atoms with E-state index in [-0.39, 0.29) is 23.9 Å². The van der Waals surface area contributed by atoms with Gasteiger partial charge in [0, 0.05) is 46.7 Å². The number of rotatable bonds is 8. The molecule has 1 aromatic carbocycles. The van der Waals surface area contributed by atoms with Gasteiger partial charge in [0.25, 0.3) is 17.3 Å². The van der Waals surface area contributed by atoms with Gasteiger partial charge in [0.15, 0.2) is 11.5 Å². The van der Waals surface area contributed by atoms with E-state index in [9.17, 15) is 9.59 Å². The van der Waals surface area contributed by atoms with Gasteiger partial charge in [0.05, 0.1) is 24.3 Å². The summed E-state index contributed by atoms with van der Waals surface area (Å²) in [4.78, 5) is 29.3. The first-order valence-corrected chi connectivity index (χ1v) is 14.9. The zero-order valence-electron chi connectivity index (χ0n) is 22.4. The highest BCUT2D eigenvalue weighted by atomic mass is 35.5. The van der Waals surface area contributed by atoms with Crippen molar-refractivity contribution in [3.63, 3.8) is 0 Å². The van der Waals surface area contributed by atoms with Crippen LogP contribution in [0.5, 0.6) is 11.5 Å². The summed E-state index contributed by atoms with van der Waals surface area (Å²) in [6.07, 6.45) is 6.14. The van der Waals surface area contributed by atoms with Crippen LogP contribution < -0.4 is 25.7 Å². The molecule has 5 rings (SSSR count). The number of aryl methyl sites for hydroxylation is 1. The summed E-state index contributed by atoms with van der Waals surface area (Å²) in [5, 5.41) is 6.83. The standard InChI is InChI=1S/C28H36ClN3O5S/c1-15-9-23(38-4)21(27(34)32-15)12-31-26(33)20-10-22(29)25-24(16(20)2)36-28(3,37-25)18-7-5-17(6-8-18)11-30-19-13-35-14-19/h9-10,17-19,30H,5-8,11-14H2,1-4H3,(H,31,33)(H,32,34)/t17?,18?,28-/m1/s1.